The summed E-state index contributed by atoms with van der Waals surface area (Å²) in [5.41, 5.74) is 11.2. The van der Waals surface area contributed by atoms with E-state index in [9.17, 15) is 0 Å². The summed E-state index contributed by atoms with van der Waals surface area (Å²) in [4.78, 5) is 7.71. The van der Waals surface area contributed by atoms with E-state index in [-0.39, 0.29) is 0 Å². The van der Waals surface area contributed by atoms with Crippen molar-refractivity contribution in [2.24, 2.45) is 4.99 Å². The first-order valence-electron chi connectivity index (χ1n) is 10.8. The van der Waals surface area contributed by atoms with Gasteiger partial charge in [0.1, 0.15) is 0 Å². The number of hydrogen-bond acceptors (Lipinski definition) is 2. The average molecular weight is 381 g/mol. The normalized spacial score (nSPS) is 19.5. The molecule has 29 heavy (non-hydrogen) atoms. The van der Waals surface area contributed by atoms with Gasteiger partial charge >= 0.3 is 0 Å². The van der Waals surface area contributed by atoms with Gasteiger partial charge in [-0.15, -0.1) is 0 Å². The third-order valence-corrected chi connectivity index (χ3v) is 6.50. The molecule has 0 bridgehead atoms. The largest absolute Gasteiger partial charge is 0.295 e. The van der Waals surface area contributed by atoms with E-state index in [0.717, 1.165) is 57.4 Å². The Balaban J connectivity index is 1.45. The zero-order valence-corrected chi connectivity index (χ0v) is 17.0. The molecule has 0 aromatic heterocycles. The standard InChI is InChI=1S/C27H28N2/c1-2-21-12-13-23-19-29(18-20-8-4-3-5-9-20)17-16-24(23)27(21)26-15-14-22-10-6-7-11-25(22)28-26/h2-11H,1,12-19H2. The molecular weight excluding hydrogens is 352 g/mol. The molecule has 2 aromatic carbocycles. The first-order valence-corrected chi connectivity index (χ1v) is 10.8. The first kappa shape index (κ1) is 18.3. The monoisotopic (exact) mass is 380 g/mol. The zero-order chi connectivity index (χ0) is 19.6. The number of nitrogens with zero attached hydrogens (tertiary/aromatic N) is 2. The minimum atomic E-state index is 1.04. The molecule has 2 heteroatoms. The van der Waals surface area contributed by atoms with Crippen LogP contribution in [0.25, 0.3) is 0 Å². The number of allylic oxidation sites excluding steroid dienone is 3. The van der Waals surface area contributed by atoms with E-state index in [1.165, 1.54) is 28.0 Å². The van der Waals surface area contributed by atoms with E-state index < -0.39 is 0 Å². The van der Waals surface area contributed by atoms with Crippen LogP contribution in [0.2, 0.25) is 0 Å². The van der Waals surface area contributed by atoms with Crippen LogP contribution in [0.3, 0.4) is 0 Å². The second-order valence-corrected chi connectivity index (χ2v) is 8.32. The molecule has 2 aromatic rings. The second kappa shape index (κ2) is 7.96. The van der Waals surface area contributed by atoms with Crippen molar-refractivity contribution in [3.05, 3.63) is 101 Å². The molecule has 5 rings (SSSR count). The highest BCUT2D eigenvalue weighted by molar-refractivity contribution is 6.07. The third kappa shape index (κ3) is 3.65. The molecule has 0 amide bonds. The molecule has 1 aliphatic carbocycles. The van der Waals surface area contributed by atoms with Gasteiger partial charge < -0.3 is 0 Å². The lowest BCUT2D eigenvalue weighted by Crippen LogP contribution is -2.34. The van der Waals surface area contributed by atoms with Crippen molar-refractivity contribution in [1.29, 1.82) is 0 Å². The molecule has 0 spiro atoms. The highest BCUT2D eigenvalue weighted by Gasteiger charge is 2.29. The van der Waals surface area contributed by atoms with E-state index in [1.54, 1.807) is 11.1 Å². The molecule has 3 aliphatic rings. The van der Waals surface area contributed by atoms with Gasteiger partial charge in [0.05, 0.1) is 5.69 Å². The van der Waals surface area contributed by atoms with Crippen LogP contribution in [0.15, 0.2) is 94.5 Å². The van der Waals surface area contributed by atoms with Crippen LogP contribution in [0.4, 0.5) is 5.69 Å². The van der Waals surface area contributed by atoms with E-state index in [1.807, 2.05) is 0 Å². The summed E-state index contributed by atoms with van der Waals surface area (Å²) in [6.45, 7) is 7.38. The predicted molar refractivity (Wildman–Crippen MR) is 122 cm³/mol. The maximum Gasteiger partial charge on any atom is 0.0665 e. The maximum absolute atomic E-state index is 5.11. The summed E-state index contributed by atoms with van der Waals surface area (Å²) < 4.78 is 0. The Morgan fingerprint density at radius 1 is 0.897 bits per heavy atom. The number of aliphatic imine (C=N–C) groups is 1. The van der Waals surface area contributed by atoms with Crippen molar-refractivity contribution in [2.75, 3.05) is 13.1 Å². The molecule has 0 unspecified atom stereocenters. The van der Waals surface area contributed by atoms with Gasteiger partial charge in [0, 0.05) is 30.9 Å². The Labute approximate surface area is 174 Å². The highest BCUT2D eigenvalue weighted by atomic mass is 15.1. The van der Waals surface area contributed by atoms with E-state index >= 15 is 0 Å². The molecule has 0 saturated heterocycles. The van der Waals surface area contributed by atoms with Gasteiger partial charge in [-0.3, -0.25) is 9.89 Å². The fourth-order valence-corrected chi connectivity index (χ4v) is 5.03. The molecular formula is C27H28N2. The van der Waals surface area contributed by atoms with Gasteiger partial charge in [-0.2, -0.15) is 0 Å². The average Bonchev–Trinajstić information content (AvgIpc) is 2.78. The van der Waals surface area contributed by atoms with Crippen LogP contribution in [0.1, 0.15) is 36.8 Å². The van der Waals surface area contributed by atoms with Crippen LogP contribution in [-0.4, -0.2) is 23.7 Å². The summed E-state index contributed by atoms with van der Waals surface area (Å²) in [6, 6.07) is 19.4. The number of hydrogen-bond donors (Lipinski definition) is 0. The fraction of sp³-hybridized carbons (Fsp3) is 0.296. The minimum absolute atomic E-state index is 1.04. The van der Waals surface area contributed by atoms with Crippen LogP contribution in [0.5, 0.6) is 0 Å². The Morgan fingerprint density at radius 2 is 1.72 bits per heavy atom. The SMILES string of the molecule is C=CC1=C(C2=Nc3ccccc3CC2)C2=C(CC1)CN(Cc1ccccc1)CC2. The van der Waals surface area contributed by atoms with Gasteiger partial charge in [-0.25, -0.2) is 0 Å². The lowest BCUT2D eigenvalue weighted by atomic mass is 9.78. The number of aryl methyl sites for hydroxylation is 1. The van der Waals surface area contributed by atoms with Crippen molar-refractivity contribution < 1.29 is 0 Å². The zero-order valence-electron chi connectivity index (χ0n) is 17.0. The van der Waals surface area contributed by atoms with Gasteiger partial charge in [-0.1, -0.05) is 66.8 Å². The van der Waals surface area contributed by atoms with Crippen LogP contribution in [0, 0.1) is 0 Å². The van der Waals surface area contributed by atoms with Gasteiger partial charge in [0.25, 0.3) is 0 Å². The third-order valence-electron chi connectivity index (χ3n) is 6.50. The second-order valence-electron chi connectivity index (χ2n) is 8.32. The number of fused-ring (bicyclic) bond motifs is 1. The highest BCUT2D eigenvalue weighted by Crippen LogP contribution is 2.40. The van der Waals surface area contributed by atoms with E-state index in [0.29, 0.717) is 0 Å². The Bertz CT molecular complexity index is 1020. The lowest BCUT2D eigenvalue weighted by molar-refractivity contribution is 0.274. The molecule has 146 valence electrons. The Hall–Kier alpha value is -2.71. The number of benzene rings is 2. The minimum Gasteiger partial charge on any atom is -0.295 e. The summed E-state index contributed by atoms with van der Waals surface area (Å²) in [5, 5.41) is 0. The Morgan fingerprint density at radius 3 is 2.59 bits per heavy atom. The maximum atomic E-state index is 5.11. The van der Waals surface area contributed by atoms with Gasteiger partial charge in [0.2, 0.25) is 0 Å². The van der Waals surface area contributed by atoms with Crippen molar-refractivity contribution in [3.8, 4) is 0 Å². The van der Waals surface area contributed by atoms with Crippen molar-refractivity contribution in [1.82, 2.24) is 4.90 Å². The van der Waals surface area contributed by atoms with Gasteiger partial charge in [0.15, 0.2) is 0 Å². The summed E-state index contributed by atoms with van der Waals surface area (Å²) in [6.07, 6.45) is 7.58. The molecule has 2 nitrogen and oxygen atoms in total. The summed E-state index contributed by atoms with van der Waals surface area (Å²) >= 11 is 0. The molecule has 2 heterocycles. The molecule has 0 saturated carbocycles. The quantitative estimate of drug-likeness (QED) is 0.618. The van der Waals surface area contributed by atoms with E-state index in [4.69, 9.17) is 4.99 Å². The van der Waals surface area contributed by atoms with Crippen molar-refractivity contribution in [3.63, 3.8) is 0 Å². The van der Waals surface area contributed by atoms with E-state index in [2.05, 4.69) is 72.2 Å². The molecule has 0 N–H and O–H groups in total. The van der Waals surface area contributed by atoms with Crippen LogP contribution >= 0.6 is 0 Å². The lowest BCUT2D eigenvalue weighted by Gasteiger charge is -2.36. The molecule has 0 atom stereocenters. The number of rotatable bonds is 4. The first-order chi connectivity index (χ1) is 14.3. The van der Waals surface area contributed by atoms with Gasteiger partial charge in [-0.05, 0) is 60.4 Å². The van der Waals surface area contributed by atoms with Crippen molar-refractivity contribution in [2.45, 2.75) is 38.6 Å². The van der Waals surface area contributed by atoms with Crippen LogP contribution in [-0.2, 0) is 13.0 Å². The molecule has 0 radical (unpaired) electrons. The number of para-hydroxylation sites is 1. The Kier molecular flexibility index (Phi) is 5.03. The fourth-order valence-electron chi connectivity index (χ4n) is 5.03. The molecule has 0 fully saturated rings. The summed E-state index contributed by atoms with van der Waals surface area (Å²) in [7, 11) is 0. The van der Waals surface area contributed by atoms with Crippen molar-refractivity contribution >= 4 is 11.4 Å². The summed E-state index contributed by atoms with van der Waals surface area (Å²) in [5.74, 6) is 0. The van der Waals surface area contributed by atoms with Crippen LogP contribution < -0.4 is 0 Å². The smallest absolute Gasteiger partial charge is 0.0665 e. The molecule has 2 aliphatic heterocycles. The predicted octanol–water partition coefficient (Wildman–Crippen LogP) is 6.18. The topological polar surface area (TPSA) is 15.6 Å².